The van der Waals surface area contributed by atoms with Crippen molar-refractivity contribution in [2.24, 2.45) is 0 Å². The minimum absolute atomic E-state index is 0.0769. The van der Waals surface area contributed by atoms with Crippen LogP contribution in [0.4, 0.5) is 5.69 Å². The van der Waals surface area contributed by atoms with Crippen molar-refractivity contribution in [2.45, 2.75) is 6.42 Å². The fraction of sp³-hybridized carbons (Fsp3) is 0.300. The summed E-state index contributed by atoms with van der Waals surface area (Å²) in [5.41, 5.74) is 1.19. The van der Waals surface area contributed by atoms with Gasteiger partial charge in [-0.25, -0.2) is 0 Å². The number of amides is 2. The number of anilines is 1. The van der Waals surface area contributed by atoms with Crippen LogP contribution in [0, 0.1) is 0 Å². The van der Waals surface area contributed by atoms with Crippen LogP contribution in [0.2, 0.25) is 0 Å². The van der Waals surface area contributed by atoms with E-state index >= 15 is 0 Å². The fourth-order valence-corrected chi connectivity index (χ4v) is 2.91. The van der Waals surface area contributed by atoms with Crippen LogP contribution in [0.3, 0.4) is 0 Å². The molecule has 1 fully saturated rings. The van der Waals surface area contributed by atoms with E-state index in [1.807, 2.05) is 23.1 Å². The van der Waals surface area contributed by atoms with Crippen LogP contribution in [0.15, 0.2) is 59.2 Å². The van der Waals surface area contributed by atoms with Crippen LogP contribution >= 0.6 is 0 Å². The molecule has 1 aliphatic rings. The molecule has 6 nitrogen and oxygen atoms in total. The monoisotopic (exact) mass is 353 g/mol. The third kappa shape index (κ3) is 4.99. The number of nitrogens with one attached hydrogen (secondary N) is 1. The van der Waals surface area contributed by atoms with Crippen LogP contribution in [-0.4, -0.2) is 49.4 Å². The van der Waals surface area contributed by atoms with E-state index in [1.54, 1.807) is 24.5 Å². The Kier molecular flexibility index (Phi) is 6.09. The minimum Gasteiger partial charge on any atom is -0.465 e. The quantitative estimate of drug-likeness (QED) is 0.808. The highest BCUT2D eigenvalue weighted by Crippen LogP contribution is 2.15. The molecule has 26 heavy (non-hydrogen) atoms. The molecule has 0 bridgehead atoms. The number of hydrogen-bond acceptors (Lipinski definition) is 4. The number of carbonyl (C=O) groups is 2. The Morgan fingerprint density at radius 3 is 2.50 bits per heavy atom. The summed E-state index contributed by atoms with van der Waals surface area (Å²) in [5.74, 6) is 0.462. The molecule has 136 valence electrons. The molecule has 3 rings (SSSR count). The second kappa shape index (κ2) is 8.89. The van der Waals surface area contributed by atoms with Gasteiger partial charge >= 0.3 is 0 Å². The summed E-state index contributed by atoms with van der Waals surface area (Å²) >= 11 is 0. The van der Waals surface area contributed by atoms with Gasteiger partial charge in [-0.1, -0.05) is 18.2 Å². The summed E-state index contributed by atoms with van der Waals surface area (Å²) in [4.78, 5) is 28.2. The Balaban J connectivity index is 1.36. The summed E-state index contributed by atoms with van der Waals surface area (Å²) in [6.45, 7) is 3.40. The maximum atomic E-state index is 12.3. The molecule has 2 amide bonds. The van der Waals surface area contributed by atoms with Crippen LogP contribution in [-0.2, 0) is 9.59 Å². The van der Waals surface area contributed by atoms with Gasteiger partial charge in [-0.3, -0.25) is 9.59 Å². The third-order valence-electron chi connectivity index (χ3n) is 4.33. The van der Waals surface area contributed by atoms with Gasteiger partial charge < -0.3 is 19.5 Å². The summed E-state index contributed by atoms with van der Waals surface area (Å²) in [6.07, 6.45) is 4.86. The zero-order valence-electron chi connectivity index (χ0n) is 14.6. The standard InChI is InChI=1S/C20H23N3O3/c24-19(9-8-18-7-4-16-26-18)21-11-10-20(25)23-14-12-22(13-15-23)17-5-2-1-3-6-17/h1-9,16H,10-15H2,(H,21,24)/b9-8+. The molecule has 1 aromatic carbocycles. The number of furan rings is 1. The first-order valence-electron chi connectivity index (χ1n) is 8.79. The van der Waals surface area contributed by atoms with Gasteiger partial charge in [0, 0.05) is 50.9 Å². The molecule has 2 heterocycles. The van der Waals surface area contributed by atoms with Gasteiger partial charge in [0.15, 0.2) is 0 Å². The van der Waals surface area contributed by atoms with Gasteiger partial charge in [0.05, 0.1) is 6.26 Å². The molecule has 1 aromatic heterocycles. The van der Waals surface area contributed by atoms with Crippen LogP contribution < -0.4 is 10.2 Å². The summed E-state index contributed by atoms with van der Waals surface area (Å²) in [7, 11) is 0. The van der Waals surface area contributed by atoms with Crippen LogP contribution in [0.5, 0.6) is 0 Å². The molecular formula is C20H23N3O3. The molecule has 2 aromatic rings. The fourth-order valence-electron chi connectivity index (χ4n) is 2.91. The molecule has 0 radical (unpaired) electrons. The molecule has 1 N–H and O–H groups in total. The number of carbonyl (C=O) groups excluding carboxylic acids is 2. The van der Waals surface area contributed by atoms with Crippen molar-refractivity contribution in [2.75, 3.05) is 37.6 Å². The summed E-state index contributed by atoms with van der Waals surface area (Å²) in [6, 6.07) is 13.7. The Morgan fingerprint density at radius 2 is 1.81 bits per heavy atom. The lowest BCUT2D eigenvalue weighted by atomic mass is 10.2. The molecule has 0 atom stereocenters. The van der Waals surface area contributed by atoms with Crippen molar-refractivity contribution in [3.8, 4) is 0 Å². The van der Waals surface area contributed by atoms with Gasteiger partial charge in [-0.05, 0) is 30.3 Å². The van der Waals surface area contributed by atoms with E-state index < -0.39 is 0 Å². The summed E-state index contributed by atoms with van der Waals surface area (Å²) < 4.78 is 5.11. The van der Waals surface area contributed by atoms with Gasteiger partial charge in [0.2, 0.25) is 11.8 Å². The van der Waals surface area contributed by atoms with Crippen molar-refractivity contribution in [1.29, 1.82) is 0 Å². The molecule has 0 spiro atoms. The van der Waals surface area contributed by atoms with Crippen molar-refractivity contribution >= 4 is 23.6 Å². The van der Waals surface area contributed by atoms with E-state index in [9.17, 15) is 9.59 Å². The van der Waals surface area contributed by atoms with E-state index in [4.69, 9.17) is 4.42 Å². The van der Waals surface area contributed by atoms with Gasteiger partial charge in [0.1, 0.15) is 5.76 Å². The Morgan fingerprint density at radius 1 is 1.04 bits per heavy atom. The van der Waals surface area contributed by atoms with Crippen LogP contribution in [0.1, 0.15) is 12.2 Å². The number of nitrogens with zero attached hydrogens (tertiary/aromatic N) is 2. The third-order valence-corrected chi connectivity index (χ3v) is 4.33. The minimum atomic E-state index is -0.233. The average molecular weight is 353 g/mol. The lowest BCUT2D eigenvalue weighted by Crippen LogP contribution is -2.49. The highest BCUT2D eigenvalue weighted by molar-refractivity contribution is 5.91. The Bertz CT molecular complexity index is 733. The van der Waals surface area contributed by atoms with Crippen molar-refractivity contribution < 1.29 is 14.0 Å². The maximum Gasteiger partial charge on any atom is 0.244 e. The molecule has 1 aliphatic heterocycles. The van der Waals surface area contributed by atoms with E-state index in [2.05, 4.69) is 22.3 Å². The lowest BCUT2D eigenvalue weighted by molar-refractivity contribution is -0.131. The summed E-state index contributed by atoms with van der Waals surface area (Å²) in [5, 5.41) is 2.72. The molecule has 0 saturated carbocycles. The Hall–Kier alpha value is -3.02. The average Bonchev–Trinajstić information content (AvgIpc) is 3.21. The van der Waals surface area contributed by atoms with E-state index in [1.165, 1.54) is 11.8 Å². The normalized spacial score (nSPS) is 14.6. The Labute approximate surface area is 153 Å². The van der Waals surface area contributed by atoms with E-state index in [-0.39, 0.29) is 11.8 Å². The number of hydrogen-bond donors (Lipinski definition) is 1. The SMILES string of the molecule is O=C(/C=C/c1ccco1)NCCC(=O)N1CCN(c2ccccc2)CC1. The zero-order chi connectivity index (χ0) is 18.2. The first-order valence-corrected chi connectivity index (χ1v) is 8.79. The van der Waals surface area contributed by atoms with Gasteiger partial charge in [-0.15, -0.1) is 0 Å². The second-order valence-electron chi connectivity index (χ2n) is 6.09. The highest BCUT2D eigenvalue weighted by atomic mass is 16.3. The number of benzene rings is 1. The number of piperazine rings is 1. The van der Waals surface area contributed by atoms with Crippen molar-refractivity contribution in [3.63, 3.8) is 0 Å². The van der Waals surface area contributed by atoms with Crippen molar-refractivity contribution in [3.05, 3.63) is 60.6 Å². The second-order valence-corrected chi connectivity index (χ2v) is 6.09. The lowest BCUT2D eigenvalue weighted by Gasteiger charge is -2.36. The smallest absolute Gasteiger partial charge is 0.244 e. The molecule has 0 aliphatic carbocycles. The zero-order valence-corrected chi connectivity index (χ0v) is 14.6. The first-order chi connectivity index (χ1) is 12.7. The maximum absolute atomic E-state index is 12.3. The van der Waals surface area contributed by atoms with E-state index in [0.29, 0.717) is 31.8 Å². The van der Waals surface area contributed by atoms with Crippen molar-refractivity contribution in [1.82, 2.24) is 10.2 Å². The predicted molar refractivity (Wildman–Crippen MR) is 101 cm³/mol. The first kappa shape index (κ1) is 17.8. The van der Waals surface area contributed by atoms with Gasteiger partial charge in [0.25, 0.3) is 0 Å². The van der Waals surface area contributed by atoms with E-state index in [0.717, 1.165) is 13.1 Å². The molecule has 1 saturated heterocycles. The predicted octanol–water partition coefficient (Wildman–Crippen LogP) is 2.15. The number of rotatable bonds is 6. The molecule has 0 unspecified atom stereocenters. The molecule has 6 heteroatoms. The molecular weight excluding hydrogens is 330 g/mol. The van der Waals surface area contributed by atoms with Crippen LogP contribution in [0.25, 0.3) is 6.08 Å². The largest absolute Gasteiger partial charge is 0.465 e. The number of para-hydroxylation sites is 1. The topological polar surface area (TPSA) is 65.8 Å². The highest BCUT2D eigenvalue weighted by Gasteiger charge is 2.20. The van der Waals surface area contributed by atoms with Gasteiger partial charge in [-0.2, -0.15) is 0 Å².